The number of amides is 1. The van der Waals surface area contributed by atoms with Crippen LogP contribution in [0.3, 0.4) is 0 Å². The highest BCUT2D eigenvalue weighted by Gasteiger charge is 2.49. The Bertz CT molecular complexity index is 822. The zero-order chi connectivity index (χ0) is 19.7. The molecule has 1 aliphatic heterocycles. The lowest BCUT2D eigenvalue weighted by atomic mass is 9.89. The van der Waals surface area contributed by atoms with Gasteiger partial charge in [-0.15, -0.1) is 0 Å². The molecule has 0 aromatic heterocycles. The summed E-state index contributed by atoms with van der Waals surface area (Å²) in [5.41, 5.74) is 10.4. The van der Waals surface area contributed by atoms with Gasteiger partial charge in [-0.05, 0) is 87.1 Å². The number of hydrogen-bond acceptors (Lipinski definition) is 3. The van der Waals surface area contributed by atoms with Gasteiger partial charge in [0.1, 0.15) is 0 Å². The number of nitrogens with zero attached hydrogens (tertiary/aromatic N) is 1. The molecule has 0 bridgehead atoms. The maximum atomic E-state index is 12.6. The Morgan fingerprint density at radius 2 is 1.68 bits per heavy atom. The predicted octanol–water partition coefficient (Wildman–Crippen LogP) is 4.34. The molecule has 4 nitrogen and oxygen atoms in total. The lowest BCUT2D eigenvalue weighted by Gasteiger charge is -2.29. The van der Waals surface area contributed by atoms with Crippen LogP contribution in [0, 0.1) is 0 Å². The molecule has 0 unspecified atom stereocenters. The molecule has 2 aliphatic rings. The lowest BCUT2D eigenvalue weighted by molar-refractivity contribution is 0.102. The maximum absolute atomic E-state index is 12.6. The van der Waals surface area contributed by atoms with Gasteiger partial charge in [-0.1, -0.05) is 31.2 Å². The molecule has 1 amide bonds. The van der Waals surface area contributed by atoms with E-state index in [4.69, 9.17) is 5.73 Å². The fourth-order valence-corrected chi connectivity index (χ4v) is 4.41. The molecule has 4 rings (SSSR count). The van der Waals surface area contributed by atoms with Crippen LogP contribution in [0.4, 0.5) is 5.69 Å². The number of carbonyl (C=O) groups is 1. The van der Waals surface area contributed by atoms with Crippen molar-refractivity contribution in [1.82, 2.24) is 4.90 Å². The third kappa shape index (κ3) is 3.98. The van der Waals surface area contributed by atoms with E-state index in [1.54, 1.807) is 0 Å². The first-order valence-corrected chi connectivity index (χ1v) is 10.5. The largest absolute Gasteiger partial charge is 0.325 e. The average molecular weight is 378 g/mol. The van der Waals surface area contributed by atoms with Gasteiger partial charge in [-0.2, -0.15) is 0 Å². The summed E-state index contributed by atoms with van der Waals surface area (Å²) in [7, 11) is 2.18. The molecular weight excluding hydrogens is 346 g/mol. The van der Waals surface area contributed by atoms with Crippen LogP contribution in [-0.4, -0.2) is 36.5 Å². The van der Waals surface area contributed by atoms with Crippen LogP contribution in [0.25, 0.3) is 0 Å². The average Bonchev–Trinajstić information content (AvgIpc) is 3.41. The van der Waals surface area contributed by atoms with Crippen LogP contribution < -0.4 is 11.1 Å². The third-order valence-corrected chi connectivity index (χ3v) is 6.71. The van der Waals surface area contributed by atoms with Crippen molar-refractivity contribution in [2.45, 2.75) is 50.0 Å². The third-order valence-electron chi connectivity index (χ3n) is 6.71. The lowest BCUT2D eigenvalue weighted by Crippen LogP contribution is -2.29. The molecule has 3 N–H and O–H groups in total. The minimum Gasteiger partial charge on any atom is -0.325 e. The Labute approximate surface area is 168 Å². The summed E-state index contributed by atoms with van der Waals surface area (Å²) in [4.78, 5) is 15.0. The minimum absolute atomic E-state index is 0.0275. The number of hydrogen-bond donors (Lipinski definition) is 2. The van der Waals surface area contributed by atoms with E-state index >= 15 is 0 Å². The second kappa shape index (κ2) is 7.69. The van der Waals surface area contributed by atoms with E-state index in [1.165, 1.54) is 24.0 Å². The van der Waals surface area contributed by atoms with E-state index in [2.05, 4.69) is 48.5 Å². The van der Waals surface area contributed by atoms with Gasteiger partial charge < -0.3 is 16.0 Å². The van der Waals surface area contributed by atoms with Crippen LogP contribution in [0.15, 0.2) is 48.5 Å². The summed E-state index contributed by atoms with van der Waals surface area (Å²) in [6.07, 6.45) is 4.44. The number of anilines is 1. The first kappa shape index (κ1) is 19.2. The van der Waals surface area contributed by atoms with Crippen molar-refractivity contribution in [3.05, 3.63) is 65.2 Å². The highest BCUT2D eigenvalue weighted by Crippen LogP contribution is 2.51. The first-order valence-electron chi connectivity index (χ1n) is 10.5. The second-order valence-electron chi connectivity index (χ2n) is 8.62. The number of likely N-dealkylation sites (tertiary alicyclic amines) is 1. The molecule has 1 saturated heterocycles. The van der Waals surface area contributed by atoms with E-state index < -0.39 is 0 Å². The molecule has 2 aromatic carbocycles. The fraction of sp³-hybridized carbons (Fsp3) is 0.458. The fourth-order valence-electron chi connectivity index (χ4n) is 4.41. The van der Waals surface area contributed by atoms with Crippen molar-refractivity contribution in [2.24, 2.45) is 5.73 Å². The molecule has 1 heterocycles. The van der Waals surface area contributed by atoms with Crippen LogP contribution in [0.2, 0.25) is 0 Å². The van der Waals surface area contributed by atoms with Gasteiger partial charge in [0.15, 0.2) is 0 Å². The molecule has 1 saturated carbocycles. The molecular formula is C24H31N3O. The van der Waals surface area contributed by atoms with Crippen molar-refractivity contribution in [3.8, 4) is 0 Å². The summed E-state index contributed by atoms with van der Waals surface area (Å²) in [6, 6.07) is 16.3. The predicted molar refractivity (Wildman–Crippen MR) is 115 cm³/mol. The van der Waals surface area contributed by atoms with E-state index in [9.17, 15) is 4.79 Å². The standard InChI is InChI=1S/C24H31N3O/c1-3-24(25)16-22(24)19-8-10-21(11-9-19)26-23(28)20-6-4-17(5-7-20)18-12-14-27(2)15-13-18/h4-11,18,22H,3,12-16,25H2,1-2H3,(H,26,28)/t22-,24-/m0/s1. The maximum Gasteiger partial charge on any atom is 0.255 e. The van der Waals surface area contributed by atoms with Crippen molar-refractivity contribution < 1.29 is 4.79 Å². The van der Waals surface area contributed by atoms with E-state index in [0.29, 0.717) is 17.4 Å². The number of nitrogens with one attached hydrogen (secondary N) is 1. The SMILES string of the molecule is CC[C@]1(N)C[C@H]1c1ccc(NC(=O)c2ccc(C3CCN(C)CC3)cc2)cc1. The van der Waals surface area contributed by atoms with Crippen molar-refractivity contribution >= 4 is 11.6 Å². The van der Waals surface area contributed by atoms with Gasteiger partial charge in [0.05, 0.1) is 0 Å². The Balaban J connectivity index is 1.36. The van der Waals surface area contributed by atoms with Gasteiger partial charge in [0, 0.05) is 22.7 Å². The van der Waals surface area contributed by atoms with Gasteiger partial charge in [-0.3, -0.25) is 4.79 Å². The summed E-state index contributed by atoms with van der Waals surface area (Å²) in [6.45, 7) is 4.44. The molecule has 2 fully saturated rings. The quantitative estimate of drug-likeness (QED) is 0.815. The summed E-state index contributed by atoms with van der Waals surface area (Å²) in [5.74, 6) is 1.01. The number of nitrogens with two attached hydrogens (primary N) is 1. The van der Waals surface area contributed by atoms with Crippen LogP contribution in [0.5, 0.6) is 0 Å². The van der Waals surface area contributed by atoms with Crippen LogP contribution in [-0.2, 0) is 0 Å². The van der Waals surface area contributed by atoms with Gasteiger partial charge in [-0.25, -0.2) is 0 Å². The molecule has 1 aliphatic carbocycles. The monoisotopic (exact) mass is 377 g/mol. The number of carbonyl (C=O) groups excluding carboxylic acids is 1. The zero-order valence-electron chi connectivity index (χ0n) is 16.9. The zero-order valence-corrected chi connectivity index (χ0v) is 16.9. The van der Waals surface area contributed by atoms with Crippen molar-refractivity contribution in [2.75, 3.05) is 25.5 Å². The van der Waals surface area contributed by atoms with E-state index in [1.807, 2.05) is 24.3 Å². The second-order valence-corrected chi connectivity index (χ2v) is 8.62. The molecule has 4 heteroatoms. The Morgan fingerprint density at radius 3 is 2.25 bits per heavy atom. The normalized spacial score (nSPS) is 25.5. The Morgan fingerprint density at radius 1 is 1.07 bits per heavy atom. The minimum atomic E-state index is -0.0594. The Kier molecular flexibility index (Phi) is 5.26. The van der Waals surface area contributed by atoms with E-state index in [0.717, 1.165) is 31.6 Å². The smallest absolute Gasteiger partial charge is 0.255 e. The number of piperidine rings is 1. The summed E-state index contributed by atoms with van der Waals surface area (Å²) < 4.78 is 0. The van der Waals surface area contributed by atoms with Gasteiger partial charge in [0.25, 0.3) is 5.91 Å². The van der Waals surface area contributed by atoms with Gasteiger partial charge in [0.2, 0.25) is 0 Å². The molecule has 0 radical (unpaired) electrons. The van der Waals surface area contributed by atoms with Crippen LogP contribution >= 0.6 is 0 Å². The number of benzene rings is 2. The molecule has 0 spiro atoms. The summed E-state index contributed by atoms with van der Waals surface area (Å²) in [5, 5.41) is 3.01. The molecule has 148 valence electrons. The topological polar surface area (TPSA) is 58.4 Å². The molecule has 2 aromatic rings. The highest BCUT2D eigenvalue weighted by atomic mass is 16.1. The number of rotatable bonds is 5. The van der Waals surface area contributed by atoms with Crippen LogP contribution in [0.1, 0.15) is 65.9 Å². The molecule has 2 atom stereocenters. The Hall–Kier alpha value is -2.17. The van der Waals surface area contributed by atoms with E-state index in [-0.39, 0.29) is 11.4 Å². The van der Waals surface area contributed by atoms with Crippen molar-refractivity contribution in [1.29, 1.82) is 0 Å². The highest BCUT2D eigenvalue weighted by molar-refractivity contribution is 6.04. The van der Waals surface area contributed by atoms with Crippen molar-refractivity contribution in [3.63, 3.8) is 0 Å². The van der Waals surface area contributed by atoms with Gasteiger partial charge >= 0.3 is 0 Å². The summed E-state index contributed by atoms with van der Waals surface area (Å²) >= 11 is 0. The molecule has 28 heavy (non-hydrogen) atoms. The first-order chi connectivity index (χ1) is 13.5.